The Morgan fingerprint density at radius 1 is 1.62 bits per heavy atom. The van der Waals surface area contributed by atoms with Crippen LogP contribution in [0, 0.1) is 0 Å². The summed E-state index contributed by atoms with van der Waals surface area (Å²) in [6.07, 6.45) is 1.32. The molecule has 2 rings (SSSR count). The summed E-state index contributed by atoms with van der Waals surface area (Å²) >= 11 is 0. The summed E-state index contributed by atoms with van der Waals surface area (Å²) in [7, 11) is 0. The zero-order chi connectivity index (χ0) is 11.4. The number of carbonyl (C=O) groups is 1. The number of fused-ring (bicyclic) bond motifs is 1. The Bertz CT molecular complexity index is 375. The van der Waals surface area contributed by atoms with E-state index in [2.05, 4.69) is 15.5 Å². The third kappa shape index (κ3) is 2.23. The molecular weight excluding hydrogens is 210 g/mol. The number of aliphatic hydroxyl groups is 1. The van der Waals surface area contributed by atoms with Crippen molar-refractivity contribution in [2.45, 2.75) is 19.4 Å². The van der Waals surface area contributed by atoms with Gasteiger partial charge in [-0.25, -0.2) is 0 Å². The molecule has 0 aliphatic carbocycles. The van der Waals surface area contributed by atoms with Crippen molar-refractivity contribution in [1.29, 1.82) is 0 Å². The number of nitrogens with one attached hydrogen (secondary N) is 2. The number of carbonyl (C=O) groups excluding carboxylic acids is 1. The largest absolute Gasteiger partial charge is 0.396 e. The van der Waals surface area contributed by atoms with E-state index in [-0.39, 0.29) is 12.5 Å². The van der Waals surface area contributed by atoms with E-state index in [1.165, 1.54) is 0 Å². The number of amides is 1. The van der Waals surface area contributed by atoms with Crippen molar-refractivity contribution in [1.82, 2.24) is 15.5 Å². The Balaban J connectivity index is 2.03. The number of hydrogen-bond acceptors (Lipinski definition) is 4. The molecule has 0 aromatic carbocycles. The van der Waals surface area contributed by atoms with Gasteiger partial charge in [-0.2, -0.15) is 5.10 Å². The third-order valence-corrected chi connectivity index (χ3v) is 2.53. The summed E-state index contributed by atoms with van der Waals surface area (Å²) in [4.78, 5) is 11.7. The van der Waals surface area contributed by atoms with Gasteiger partial charge in [0.25, 0.3) is 5.91 Å². The molecule has 0 bridgehead atoms. The van der Waals surface area contributed by atoms with Crippen LogP contribution in [0.4, 0.5) is 0 Å². The van der Waals surface area contributed by atoms with E-state index in [0.29, 0.717) is 31.9 Å². The lowest BCUT2D eigenvalue weighted by molar-refractivity contribution is 0.0923. The minimum Gasteiger partial charge on any atom is -0.396 e. The van der Waals surface area contributed by atoms with Gasteiger partial charge in [-0.1, -0.05) is 0 Å². The van der Waals surface area contributed by atoms with Gasteiger partial charge in [0.15, 0.2) is 5.69 Å². The van der Waals surface area contributed by atoms with Crippen molar-refractivity contribution in [2.24, 2.45) is 0 Å². The molecule has 1 amide bonds. The molecule has 1 aliphatic heterocycles. The van der Waals surface area contributed by atoms with Crippen molar-refractivity contribution in [3.63, 3.8) is 0 Å². The number of H-pyrrole nitrogens is 1. The summed E-state index contributed by atoms with van der Waals surface area (Å²) in [6, 6.07) is 0. The smallest absolute Gasteiger partial charge is 0.272 e. The van der Waals surface area contributed by atoms with Gasteiger partial charge < -0.3 is 15.2 Å². The maximum Gasteiger partial charge on any atom is 0.272 e. The van der Waals surface area contributed by atoms with Crippen molar-refractivity contribution in [3.05, 3.63) is 17.0 Å². The van der Waals surface area contributed by atoms with Crippen LogP contribution in [-0.4, -0.2) is 41.0 Å². The molecule has 0 atom stereocenters. The highest BCUT2D eigenvalue weighted by Gasteiger charge is 2.21. The van der Waals surface area contributed by atoms with E-state index in [1.807, 2.05) is 0 Å². The predicted molar refractivity (Wildman–Crippen MR) is 56.0 cm³/mol. The maximum atomic E-state index is 11.7. The van der Waals surface area contributed by atoms with Gasteiger partial charge in [-0.3, -0.25) is 9.89 Å². The molecule has 88 valence electrons. The second kappa shape index (κ2) is 5.09. The standard InChI is InChI=1S/C10H15N3O3/c14-4-1-3-11-10(15)9-7-6-16-5-2-8(7)12-13-9/h14H,1-6H2,(H,11,15)(H,12,13). The average molecular weight is 225 g/mol. The number of hydrogen-bond donors (Lipinski definition) is 3. The number of aliphatic hydroxyl groups excluding tert-OH is 1. The van der Waals surface area contributed by atoms with Crippen LogP contribution in [-0.2, 0) is 17.8 Å². The van der Waals surface area contributed by atoms with Crippen molar-refractivity contribution >= 4 is 5.91 Å². The minimum atomic E-state index is -0.212. The van der Waals surface area contributed by atoms with Crippen LogP contribution < -0.4 is 5.32 Å². The Hall–Kier alpha value is -1.40. The molecule has 1 aromatic heterocycles. The number of nitrogens with zero attached hydrogens (tertiary/aromatic N) is 1. The summed E-state index contributed by atoms with van der Waals surface area (Å²) in [5, 5.41) is 18.2. The number of ether oxygens (including phenoxy) is 1. The molecular formula is C10H15N3O3. The lowest BCUT2D eigenvalue weighted by Crippen LogP contribution is -2.27. The van der Waals surface area contributed by atoms with Crippen LogP contribution in [0.2, 0.25) is 0 Å². The van der Waals surface area contributed by atoms with Crippen LogP contribution in [0.1, 0.15) is 28.2 Å². The van der Waals surface area contributed by atoms with Crippen molar-refractivity contribution in [3.8, 4) is 0 Å². The van der Waals surface area contributed by atoms with E-state index in [1.54, 1.807) is 0 Å². The fourth-order valence-electron chi connectivity index (χ4n) is 1.66. The van der Waals surface area contributed by atoms with Crippen LogP contribution in [0.15, 0.2) is 0 Å². The number of aromatic nitrogens is 2. The molecule has 0 fully saturated rings. The first kappa shape index (κ1) is 11.1. The molecule has 0 spiro atoms. The van der Waals surface area contributed by atoms with E-state index in [0.717, 1.165) is 17.7 Å². The maximum absolute atomic E-state index is 11.7. The highest BCUT2D eigenvalue weighted by molar-refractivity contribution is 5.93. The zero-order valence-corrected chi connectivity index (χ0v) is 8.95. The molecule has 0 unspecified atom stereocenters. The monoisotopic (exact) mass is 225 g/mol. The third-order valence-electron chi connectivity index (χ3n) is 2.53. The molecule has 0 saturated heterocycles. The molecule has 0 radical (unpaired) electrons. The first-order valence-electron chi connectivity index (χ1n) is 5.36. The van der Waals surface area contributed by atoms with E-state index in [9.17, 15) is 4.79 Å². The van der Waals surface area contributed by atoms with Crippen LogP contribution in [0.25, 0.3) is 0 Å². The molecule has 6 heteroatoms. The second-order valence-corrected chi connectivity index (χ2v) is 3.66. The number of rotatable bonds is 4. The Morgan fingerprint density at radius 3 is 3.31 bits per heavy atom. The van der Waals surface area contributed by atoms with Crippen LogP contribution >= 0.6 is 0 Å². The van der Waals surface area contributed by atoms with Crippen molar-refractivity contribution in [2.75, 3.05) is 19.8 Å². The fourth-order valence-corrected chi connectivity index (χ4v) is 1.66. The van der Waals surface area contributed by atoms with Gasteiger partial charge in [-0.15, -0.1) is 0 Å². The summed E-state index contributed by atoms with van der Waals surface area (Å²) < 4.78 is 5.29. The quantitative estimate of drug-likeness (QED) is 0.608. The van der Waals surface area contributed by atoms with Gasteiger partial charge in [0, 0.05) is 30.8 Å². The van der Waals surface area contributed by atoms with Crippen LogP contribution in [0.5, 0.6) is 0 Å². The minimum absolute atomic E-state index is 0.0715. The molecule has 16 heavy (non-hydrogen) atoms. The van der Waals surface area contributed by atoms with Crippen molar-refractivity contribution < 1.29 is 14.6 Å². The summed E-state index contributed by atoms with van der Waals surface area (Å²) in [5.74, 6) is -0.212. The van der Waals surface area contributed by atoms with Gasteiger partial charge >= 0.3 is 0 Å². The van der Waals surface area contributed by atoms with Gasteiger partial charge in [0.05, 0.1) is 13.2 Å². The van der Waals surface area contributed by atoms with E-state index in [4.69, 9.17) is 9.84 Å². The molecule has 2 heterocycles. The predicted octanol–water partition coefficient (Wildman–Crippen LogP) is -0.405. The first-order chi connectivity index (χ1) is 7.83. The zero-order valence-electron chi connectivity index (χ0n) is 8.95. The highest BCUT2D eigenvalue weighted by Crippen LogP contribution is 2.17. The van der Waals surface area contributed by atoms with E-state index < -0.39 is 0 Å². The van der Waals surface area contributed by atoms with Gasteiger partial charge in [-0.05, 0) is 6.42 Å². The SMILES string of the molecule is O=C(NCCCO)c1n[nH]c2c1COCC2. The first-order valence-corrected chi connectivity index (χ1v) is 5.36. The molecule has 1 aromatic rings. The lowest BCUT2D eigenvalue weighted by Gasteiger charge is -2.12. The molecule has 3 N–H and O–H groups in total. The topological polar surface area (TPSA) is 87.2 Å². The van der Waals surface area contributed by atoms with E-state index >= 15 is 0 Å². The molecule has 6 nitrogen and oxygen atoms in total. The highest BCUT2D eigenvalue weighted by atomic mass is 16.5. The summed E-state index contributed by atoms with van der Waals surface area (Å²) in [6.45, 7) is 1.63. The van der Waals surface area contributed by atoms with Gasteiger partial charge in [0.1, 0.15) is 0 Å². The fraction of sp³-hybridized carbons (Fsp3) is 0.600. The Morgan fingerprint density at radius 2 is 2.50 bits per heavy atom. The lowest BCUT2D eigenvalue weighted by atomic mass is 10.1. The Labute approximate surface area is 93.0 Å². The average Bonchev–Trinajstić information content (AvgIpc) is 2.73. The molecule has 1 aliphatic rings. The summed E-state index contributed by atoms with van der Waals surface area (Å²) in [5.41, 5.74) is 2.25. The van der Waals surface area contributed by atoms with Gasteiger partial charge in [0.2, 0.25) is 0 Å². The Kier molecular flexibility index (Phi) is 3.53. The van der Waals surface area contributed by atoms with Crippen LogP contribution in [0.3, 0.4) is 0 Å². The number of aromatic amines is 1. The second-order valence-electron chi connectivity index (χ2n) is 3.66. The normalized spacial score (nSPS) is 14.6. The molecule has 0 saturated carbocycles.